The van der Waals surface area contributed by atoms with Gasteiger partial charge in [0.1, 0.15) is 5.75 Å². The molecule has 2 fully saturated rings. The second kappa shape index (κ2) is 9.02. The predicted molar refractivity (Wildman–Crippen MR) is 127 cm³/mol. The number of hydrogen-bond donors (Lipinski definition) is 2. The SMILES string of the molecule is COc1cc(C)c2[nH]ccc2c1CN1CCN(CC2(F)COC2)CC1c1ccc(C(=O)O)cc1. The lowest BCUT2D eigenvalue weighted by molar-refractivity contribution is -0.145. The van der Waals surface area contributed by atoms with Crippen molar-refractivity contribution >= 4 is 16.9 Å². The number of carbonyl (C=O) groups is 1. The highest BCUT2D eigenvalue weighted by molar-refractivity contribution is 5.88. The maximum atomic E-state index is 14.8. The van der Waals surface area contributed by atoms with E-state index < -0.39 is 11.6 Å². The summed E-state index contributed by atoms with van der Waals surface area (Å²) in [6.07, 6.45) is 1.95. The first-order valence-electron chi connectivity index (χ1n) is 11.6. The molecule has 2 aliphatic heterocycles. The highest BCUT2D eigenvalue weighted by Crippen LogP contribution is 2.36. The number of aromatic carboxylic acids is 1. The fourth-order valence-corrected chi connectivity index (χ4v) is 5.17. The molecule has 5 rings (SSSR count). The van der Waals surface area contributed by atoms with Crippen LogP contribution in [-0.2, 0) is 11.3 Å². The summed E-state index contributed by atoms with van der Waals surface area (Å²) in [5.41, 5.74) is 3.33. The maximum absolute atomic E-state index is 14.8. The Morgan fingerprint density at radius 1 is 1.26 bits per heavy atom. The third kappa shape index (κ3) is 4.29. The zero-order valence-electron chi connectivity index (χ0n) is 19.5. The first kappa shape index (κ1) is 22.8. The molecular formula is C26H30FN3O4. The largest absolute Gasteiger partial charge is 0.496 e. The molecule has 3 aromatic rings. The van der Waals surface area contributed by atoms with Crippen LogP contribution >= 0.6 is 0 Å². The van der Waals surface area contributed by atoms with Crippen LogP contribution in [0.2, 0.25) is 0 Å². The number of piperazine rings is 1. The number of carboxylic acids is 1. The molecule has 1 aromatic heterocycles. The molecule has 0 aliphatic carbocycles. The minimum Gasteiger partial charge on any atom is -0.496 e. The van der Waals surface area contributed by atoms with Gasteiger partial charge in [0.05, 0.1) is 25.9 Å². The summed E-state index contributed by atoms with van der Waals surface area (Å²) < 4.78 is 25.7. The second-order valence-electron chi connectivity index (χ2n) is 9.43. The minimum absolute atomic E-state index is 0.0128. The summed E-state index contributed by atoms with van der Waals surface area (Å²) in [5.74, 6) is -0.0985. The van der Waals surface area contributed by atoms with Gasteiger partial charge in [-0.1, -0.05) is 12.1 Å². The van der Waals surface area contributed by atoms with Crippen LogP contribution in [0.1, 0.15) is 33.1 Å². The van der Waals surface area contributed by atoms with Crippen molar-refractivity contribution in [3.8, 4) is 5.75 Å². The number of ether oxygens (including phenoxy) is 2. The summed E-state index contributed by atoms with van der Waals surface area (Å²) in [4.78, 5) is 19.2. The number of halogens is 1. The van der Waals surface area contributed by atoms with Crippen LogP contribution in [0.5, 0.6) is 5.75 Å². The van der Waals surface area contributed by atoms with Crippen LogP contribution in [-0.4, -0.2) is 78.0 Å². The number of aryl methyl sites for hydroxylation is 1. The number of benzene rings is 2. The van der Waals surface area contributed by atoms with Gasteiger partial charge in [-0.3, -0.25) is 9.80 Å². The van der Waals surface area contributed by atoms with Gasteiger partial charge in [0.2, 0.25) is 0 Å². The molecule has 1 unspecified atom stereocenters. The van der Waals surface area contributed by atoms with Crippen LogP contribution in [0, 0.1) is 6.92 Å². The number of fused-ring (bicyclic) bond motifs is 1. The van der Waals surface area contributed by atoms with E-state index in [4.69, 9.17) is 9.47 Å². The fourth-order valence-electron chi connectivity index (χ4n) is 5.17. The summed E-state index contributed by atoms with van der Waals surface area (Å²) in [5, 5.41) is 10.4. The number of rotatable bonds is 7. The zero-order valence-corrected chi connectivity index (χ0v) is 19.5. The van der Waals surface area contributed by atoms with E-state index in [-0.39, 0.29) is 24.8 Å². The molecule has 7 nitrogen and oxygen atoms in total. The van der Waals surface area contributed by atoms with Crippen LogP contribution < -0.4 is 4.74 Å². The quantitative estimate of drug-likeness (QED) is 0.551. The van der Waals surface area contributed by atoms with E-state index in [1.807, 2.05) is 18.3 Å². The Morgan fingerprint density at radius 3 is 2.68 bits per heavy atom. The van der Waals surface area contributed by atoms with Crippen molar-refractivity contribution in [2.45, 2.75) is 25.2 Å². The van der Waals surface area contributed by atoms with Crippen LogP contribution in [0.4, 0.5) is 4.39 Å². The molecule has 0 amide bonds. The van der Waals surface area contributed by atoms with E-state index in [2.05, 4.69) is 33.8 Å². The van der Waals surface area contributed by atoms with Crippen LogP contribution in [0.15, 0.2) is 42.6 Å². The number of H-pyrrole nitrogens is 1. The molecule has 8 heteroatoms. The first-order chi connectivity index (χ1) is 16.4. The van der Waals surface area contributed by atoms with Crippen molar-refractivity contribution in [1.82, 2.24) is 14.8 Å². The lowest BCUT2D eigenvalue weighted by Crippen LogP contribution is -2.57. The summed E-state index contributed by atoms with van der Waals surface area (Å²) in [7, 11) is 1.69. The highest BCUT2D eigenvalue weighted by Gasteiger charge is 2.42. The monoisotopic (exact) mass is 467 g/mol. The van der Waals surface area contributed by atoms with E-state index in [1.54, 1.807) is 19.2 Å². The van der Waals surface area contributed by atoms with E-state index in [9.17, 15) is 14.3 Å². The number of aromatic amines is 1. The van der Waals surface area contributed by atoms with Crippen LogP contribution in [0.25, 0.3) is 10.9 Å². The van der Waals surface area contributed by atoms with Crippen molar-refractivity contribution in [3.05, 3.63) is 64.8 Å². The summed E-state index contributed by atoms with van der Waals surface area (Å²) in [6, 6.07) is 11.2. The normalized spacial score (nSPS) is 20.9. The fraction of sp³-hybridized carbons (Fsp3) is 0.423. The molecule has 2 N–H and O–H groups in total. The molecule has 34 heavy (non-hydrogen) atoms. The van der Waals surface area contributed by atoms with Gasteiger partial charge in [-0.15, -0.1) is 0 Å². The average Bonchev–Trinajstić information content (AvgIpc) is 3.31. The Labute approximate surface area is 198 Å². The predicted octanol–water partition coefficient (Wildman–Crippen LogP) is 3.78. The number of alkyl halides is 1. The molecular weight excluding hydrogens is 437 g/mol. The van der Waals surface area contributed by atoms with Crippen molar-refractivity contribution < 1.29 is 23.8 Å². The van der Waals surface area contributed by atoms with E-state index in [1.165, 1.54) is 0 Å². The van der Waals surface area contributed by atoms with Gasteiger partial charge in [0.15, 0.2) is 5.67 Å². The molecule has 3 heterocycles. The van der Waals surface area contributed by atoms with Gasteiger partial charge in [-0.25, -0.2) is 9.18 Å². The van der Waals surface area contributed by atoms with E-state index in [0.29, 0.717) is 19.6 Å². The number of nitrogens with one attached hydrogen (secondary N) is 1. The number of hydrogen-bond acceptors (Lipinski definition) is 5. The van der Waals surface area contributed by atoms with Crippen molar-refractivity contribution in [3.63, 3.8) is 0 Å². The van der Waals surface area contributed by atoms with Gasteiger partial charge >= 0.3 is 5.97 Å². The van der Waals surface area contributed by atoms with Crippen molar-refractivity contribution in [2.24, 2.45) is 0 Å². The minimum atomic E-state index is -1.28. The molecule has 1 atom stereocenters. The smallest absolute Gasteiger partial charge is 0.335 e. The Hall–Kier alpha value is -2.94. The molecule has 0 saturated carbocycles. The van der Waals surface area contributed by atoms with Gasteiger partial charge in [-0.2, -0.15) is 0 Å². The van der Waals surface area contributed by atoms with Gasteiger partial charge in [-0.05, 0) is 42.3 Å². The van der Waals surface area contributed by atoms with Crippen molar-refractivity contribution in [2.75, 3.05) is 46.5 Å². The Balaban J connectivity index is 1.46. The number of methoxy groups -OCH3 is 1. The Kier molecular flexibility index (Phi) is 6.06. The van der Waals surface area contributed by atoms with Crippen LogP contribution in [0.3, 0.4) is 0 Å². The maximum Gasteiger partial charge on any atom is 0.335 e. The van der Waals surface area contributed by atoms with Gasteiger partial charge in [0.25, 0.3) is 0 Å². The first-order valence-corrected chi connectivity index (χ1v) is 11.6. The molecule has 0 spiro atoms. The average molecular weight is 468 g/mol. The number of nitrogens with zero attached hydrogens (tertiary/aromatic N) is 2. The van der Waals surface area contributed by atoms with Gasteiger partial charge in [0, 0.05) is 61.4 Å². The third-order valence-corrected chi connectivity index (χ3v) is 7.04. The number of aromatic nitrogens is 1. The van der Waals surface area contributed by atoms with E-state index in [0.717, 1.165) is 46.4 Å². The topological polar surface area (TPSA) is 78.0 Å². The third-order valence-electron chi connectivity index (χ3n) is 7.04. The van der Waals surface area contributed by atoms with Crippen molar-refractivity contribution in [1.29, 1.82) is 0 Å². The molecule has 2 saturated heterocycles. The lowest BCUT2D eigenvalue weighted by Gasteiger charge is -2.45. The lowest BCUT2D eigenvalue weighted by atomic mass is 9.97. The summed E-state index contributed by atoms with van der Waals surface area (Å²) in [6.45, 7) is 5.54. The molecule has 0 radical (unpaired) electrons. The molecule has 0 bridgehead atoms. The van der Waals surface area contributed by atoms with Gasteiger partial charge < -0.3 is 19.6 Å². The second-order valence-corrected chi connectivity index (χ2v) is 9.43. The zero-order chi connectivity index (χ0) is 23.9. The standard InChI is InChI=1S/C26H30FN3O4/c1-17-11-23(33-2)21(20-7-8-28-24(17)20)12-30-10-9-29(14-26(27)15-34-16-26)13-22(30)18-3-5-19(6-4-18)25(31)32/h3-8,11,22,28H,9-10,12-16H2,1-2H3,(H,31,32). The highest BCUT2D eigenvalue weighted by atomic mass is 19.1. The molecule has 180 valence electrons. The Morgan fingerprint density at radius 2 is 2.03 bits per heavy atom. The summed E-state index contributed by atoms with van der Waals surface area (Å²) >= 11 is 0. The van der Waals surface area contributed by atoms with E-state index >= 15 is 0 Å². The molecule has 2 aromatic carbocycles. The number of carboxylic acid groups (broad SMARTS) is 1. The molecule has 2 aliphatic rings. The Bertz CT molecular complexity index is 1190.